The molecule has 4 rings (SSSR count). The van der Waals surface area contributed by atoms with Crippen molar-refractivity contribution in [1.29, 1.82) is 0 Å². The topological polar surface area (TPSA) is 51.0 Å². The standard InChI is InChI=1S/C24H22N4O/c29-24(22-11-13-23(14-12-22)28-19-25-18-26-28)27(17-21-9-5-2-6-10-21)16-15-20-7-3-1-4-8-20/h1-14,18-19H,15-17H2. The summed E-state index contributed by atoms with van der Waals surface area (Å²) in [6.07, 6.45) is 3.94. The highest BCUT2D eigenvalue weighted by Crippen LogP contribution is 2.14. The van der Waals surface area contributed by atoms with Crippen molar-refractivity contribution in [1.82, 2.24) is 19.7 Å². The van der Waals surface area contributed by atoms with Crippen LogP contribution in [0.4, 0.5) is 0 Å². The minimum absolute atomic E-state index is 0.0231. The minimum atomic E-state index is 0.0231. The highest BCUT2D eigenvalue weighted by Gasteiger charge is 2.16. The molecular formula is C24H22N4O. The molecule has 4 aromatic rings. The lowest BCUT2D eigenvalue weighted by atomic mass is 10.1. The van der Waals surface area contributed by atoms with Gasteiger partial charge in [0.25, 0.3) is 5.91 Å². The van der Waals surface area contributed by atoms with Crippen molar-refractivity contribution in [2.75, 3.05) is 6.54 Å². The largest absolute Gasteiger partial charge is 0.334 e. The number of hydrogen-bond donors (Lipinski definition) is 0. The van der Waals surface area contributed by atoms with Crippen LogP contribution in [0.2, 0.25) is 0 Å². The van der Waals surface area contributed by atoms with Crippen LogP contribution in [0.5, 0.6) is 0 Å². The molecule has 3 aromatic carbocycles. The number of benzene rings is 3. The first-order chi connectivity index (χ1) is 14.3. The van der Waals surface area contributed by atoms with E-state index in [0.29, 0.717) is 18.7 Å². The molecule has 0 aliphatic carbocycles. The Bertz CT molecular complexity index is 1030. The quantitative estimate of drug-likeness (QED) is 0.482. The fourth-order valence-electron chi connectivity index (χ4n) is 3.25. The van der Waals surface area contributed by atoms with Crippen LogP contribution in [-0.4, -0.2) is 32.1 Å². The van der Waals surface area contributed by atoms with E-state index in [4.69, 9.17) is 0 Å². The SMILES string of the molecule is O=C(c1ccc(-n2cncn2)cc1)N(CCc1ccccc1)Cc1ccccc1. The van der Waals surface area contributed by atoms with Gasteiger partial charge in [0.2, 0.25) is 0 Å². The van der Waals surface area contributed by atoms with Gasteiger partial charge in [-0.1, -0.05) is 60.7 Å². The van der Waals surface area contributed by atoms with Crippen LogP contribution in [0.25, 0.3) is 5.69 Å². The van der Waals surface area contributed by atoms with Gasteiger partial charge in [0.05, 0.1) is 5.69 Å². The smallest absolute Gasteiger partial charge is 0.254 e. The average molecular weight is 382 g/mol. The molecule has 0 radical (unpaired) electrons. The molecule has 5 nitrogen and oxygen atoms in total. The van der Waals surface area contributed by atoms with Gasteiger partial charge in [0, 0.05) is 18.7 Å². The van der Waals surface area contributed by atoms with E-state index < -0.39 is 0 Å². The van der Waals surface area contributed by atoms with Crippen molar-refractivity contribution < 1.29 is 4.79 Å². The third kappa shape index (κ3) is 4.76. The van der Waals surface area contributed by atoms with Gasteiger partial charge in [0.1, 0.15) is 12.7 Å². The summed E-state index contributed by atoms with van der Waals surface area (Å²) in [5.74, 6) is 0.0231. The summed E-state index contributed by atoms with van der Waals surface area (Å²) in [4.78, 5) is 19.1. The summed E-state index contributed by atoms with van der Waals surface area (Å²) in [7, 11) is 0. The molecule has 0 atom stereocenters. The maximum Gasteiger partial charge on any atom is 0.254 e. The lowest BCUT2D eigenvalue weighted by molar-refractivity contribution is 0.0745. The van der Waals surface area contributed by atoms with Crippen LogP contribution in [0.1, 0.15) is 21.5 Å². The zero-order valence-corrected chi connectivity index (χ0v) is 16.1. The highest BCUT2D eigenvalue weighted by molar-refractivity contribution is 5.94. The Morgan fingerprint density at radius 2 is 1.48 bits per heavy atom. The summed E-state index contributed by atoms with van der Waals surface area (Å²) in [6.45, 7) is 1.24. The summed E-state index contributed by atoms with van der Waals surface area (Å²) in [6, 6.07) is 27.8. The summed E-state index contributed by atoms with van der Waals surface area (Å²) >= 11 is 0. The van der Waals surface area contributed by atoms with Gasteiger partial charge in [0.15, 0.2) is 0 Å². The summed E-state index contributed by atoms with van der Waals surface area (Å²) < 4.78 is 1.67. The molecule has 0 fully saturated rings. The van der Waals surface area contributed by atoms with E-state index >= 15 is 0 Å². The van der Waals surface area contributed by atoms with Gasteiger partial charge in [-0.25, -0.2) is 9.67 Å². The molecule has 1 aromatic heterocycles. The molecule has 0 bridgehead atoms. The molecule has 1 heterocycles. The lowest BCUT2D eigenvalue weighted by Gasteiger charge is -2.23. The highest BCUT2D eigenvalue weighted by atomic mass is 16.2. The number of carbonyl (C=O) groups is 1. The van der Waals surface area contributed by atoms with E-state index in [9.17, 15) is 4.79 Å². The normalized spacial score (nSPS) is 10.6. The Morgan fingerprint density at radius 1 is 0.828 bits per heavy atom. The molecule has 29 heavy (non-hydrogen) atoms. The molecule has 0 unspecified atom stereocenters. The van der Waals surface area contributed by atoms with Gasteiger partial charge >= 0.3 is 0 Å². The van der Waals surface area contributed by atoms with Crippen molar-refractivity contribution in [2.45, 2.75) is 13.0 Å². The zero-order valence-electron chi connectivity index (χ0n) is 16.1. The Labute approximate surface area is 170 Å². The Morgan fingerprint density at radius 3 is 2.10 bits per heavy atom. The molecule has 0 aliphatic heterocycles. The molecule has 0 aliphatic rings. The van der Waals surface area contributed by atoms with E-state index in [2.05, 4.69) is 34.3 Å². The van der Waals surface area contributed by atoms with Crippen LogP contribution in [-0.2, 0) is 13.0 Å². The second-order valence-corrected chi connectivity index (χ2v) is 6.83. The molecular weight excluding hydrogens is 360 g/mol. The molecule has 0 saturated heterocycles. The predicted octanol–water partition coefficient (Wildman–Crippen LogP) is 4.15. The van der Waals surface area contributed by atoms with Crippen molar-refractivity contribution in [3.63, 3.8) is 0 Å². The van der Waals surface area contributed by atoms with E-state index in [1.807, 2.05) is 65.6 Å². The number of amides is 1. The first kappa shape index (κ1) is 18.6. The van der Waals surface area contributed by atoms with Crippen LogP contribution >= 0.6 is 0 Å². The van der Waals surface area contributed by atoms with Crippen LogP contribution in [0.3, 0.4) is 0 Å². The van der Waals surface area contributed by atoms with Crippen LogP contribution in [0.15, 0.2) is 97.6 Å². The third-order valence-electron chi connectivity index (χ3n) is 4.81. The third-order valence-corrected chi connectivity index (χ3v) is 4.81. The number of carbonyl (C=O) groups excluding carboxylic acids is 1. The zero-order chi connectivity index (χ0) is 19.9. The van der Waals surface area contributed by atoms with Crippen molar-refractivity contribution in [2.24, 2.45) is 0 Å². The first-order valence-electron chi connectivity index (χ1n) is 9.62. The second-order valence-electron chi connectivity index (χ2n) is 6.83. The van der Waals surface area contributed by atoms with Gasteiger partial charge in [-0.3, -0.25) is 4.79 Å². The summed E-state index contributed by atoms with van der Waals surface area (Å²) in [5.41, 5.74) is 3.88. The van der Waals surface area contributed by atoms with E-state index in [1.54, 1.807) is 11.0 Å². The van der Waals surface area contributed by atoms with E-state index in [1.165, 1.54) is 11.9 Å². The number of nitrogens with zero attached hydrogens (tertiary/aromatic N) is 4. The Hall–Kier alpha value is -3.73. The Kier molecular flexibility index (Phi) is 5.76. The van der Waals surface area contributed by atoms with Crippen LogP contribution < -0.4 is 0 Å². The minimum Gasteiger partial charge on any atom is -0.334 e. The number of rotatable bonds is 7. The second kappa shape index (κ2) is 8.97. The van der Waals surface area contributed by atoms with Gasteiger partial charge in [-0.05, 0) is 41.8 Å². The fraction of sp³-hybridized carbons (Fsp3) is 0.125. The maximum atomic E-state index is 13.3. The first-order valence-corrected chi connectivity index (χ1v) is 9.62. The van der Waals surface area contributed by atoms with Gasteiger partial charge in [-0.15, -0.1) is 0 Å². The monoisotopic (exact) mass is 382 g/mol. The molecule has 144 valence electrons. The van der Waals surface area contributed by atoms with Crippen molar-refractivity contribution in [3.8, 4) is 5.69 Å². The maximum absolute atomic E-state index is 13.3. The molecule has 0 spiro atoms. The Balaban J connectivity index is 1.53. The van der Waals surface area contributed by atoms with Crippen LogP contribution in [0, 0.1) is 0 Å². The molecule has 5 heteroatoms. The molecule has 1 amide bonds. The van der Waals surface area contributed by atoms with Crippen molar-refractivity contribution >= 4 is 5.91 Å². The lowest BCUT2D eigenvalue weighted by Crippen LogP contribution is -2.32. The molecule has 0 N–H and O–H groups in total. The summed E-state index contributed by atoms with van der Waals surface area (Å²) in [5, 5.41) is 4.13. The fourth-order valence-corrected chi connectivity index (χ4v) is 3.25. The van der Waals surface area contributed by atoms with E-state index in [0.717, 1.165) is 17.7 Å². The van der Waals surface area contributed by atoms with Crippen molar-refractivity contribution in [3.05, 3.63) is 114 Å². The van der Waals surface area contributed by atoms with Gasteiger partial charge in [-0.2, -0.15) is 5.10 Å². The molecule has 0 saturated carbocycles. The van der Waals surface area contributed by atoms with E-state index in [-0.39, 0.29) is 5.91 Å². The van der Waals surface area contributed by atoms with Gasteiger partial charge < -0.3 is 4.90 Å². The number of hydrogen-bond acceptors (Lipinski definition) is 3. The predicted molar refractivity (Wildman–Crippen MR) is 113 cm³/mol. The number of aromatic nitrogens is 3. The average Bonchev–Trinajstić information content (AvgIpc) is 3.33.